The van der Waals surface area contributed by atoms with Gasteiger partial charge in [0.05, 0.1) is 11.0 Å². The van der Waals surface area contributed by atoms with E-state index in [2.05, 4.69) is 151 Å². The van der Waals surface area contributed by atoms with E-state index in [1.54, 1.807) is 0 Å². The largest absolute Gasteiger partial charge is 0.393 e. The second-order valence-electron chi connectivity index (χ2n) is 12.0. The molecule has 2 heteroatoms. The third-order valence-electron chi connectivity index (χ3n) is 9.25. The summed E-state index contributed by atoms with van der Waals surface area (Å²) in [5.74, 6) is 0. The van der Waals surface area contributed by atoms with Gasteiger partial charge in [0.1, 0.15) is 0 Å². The number of aromatic nitrogens is 1. The van der Waals surface area contributed by atoms with Crippen molar-refractivity contribution >= 4 is 43.7 Å². The predicted octanol–water partition coefficient (Wildman–Crippen LogP) is 12.0. The lowest BCUT2D eigenvalue weighted by molar-refractivity contribution is 1.02. The standard InChI is InChI=1S/C45H40N2/c1-5-15-31(6-2)37-18-11-13-21-40(37)35-23-26-42-43-27-24-34-28-33(39-20-14-12-19-38(39)32(7-3)30-46-4)22-25-41(34)45(43)47(44(42)29-35)36-16-9-8-10-17-36/h6-10,12,14-30,46H,2-3,5,11,13H2,1,4H3/b31-15+,32-30+. The fraction of sp³-hybridized carbons (Fsp3) is 0.111. The molecule has 0 atom stereocenters. The van der Waals surface area contributed by atoms with Crippen molar-refractivity contribution in [3.63, 3.8) is 0 Å². The van der Waals surface area contributed by atoms with Crippen LogP contribution >= 0.6 is 0 Å². The highest BCUT2D eigenvalue weighted by atomic mass is 15.0. The Bertz CT molecular complexity index is 2290. The molecule has 0 saturated heterocycles. The SMILES string of the molecule is C=C/C(=C\CC)C1=CCCC=C1c1ccc2c3ccc4cc(-c5ccccc5/C(C=C)=C/NC)ccc4c3n(-c3ccccc3)c2c1. The van der Waals surface area contributed by atoms with Crippen LogP contribution in [0.1, 0.15) is 37.3 Å². The maximum atomic E-state index is 4.15. The number of para-hydroxylation sites is 1. The van der Waals surface area contributed by atoms with E-state index in [9.17, 15) is 0 Å². The highest BCUT2D eigenvalue weighted by Crippen LogP contribution is 2.41. The summed E-state index contributed by atoms with van der Waals surface area (Å²) in [6, 6.07) is 37.8. The number of fused-ring (bicyclic) bond motifs is 5. The molecule has 0 spiro atoms. The van der Waals surface area contributed by atoms with E-state index in [0.717, 1.165) is 36.1 Å². The summed E-state index contributed by atoms with van der Waals surface area (Å²) in [4.78, 5) is 0. The molecule has 0 bridgehead atoms. The minimum atomic E-state index is 0.982. The highest BCUT2D eigenvalue weighted by molar-refractivity contribution is 6.19. The highest BCUT2D eigenvalue weighted by Gasteiger charge is 2.19. The van der Waals surface area contributed by atoms with Gasteiger partial charge in [-0.3, -0.25) is 0 Å². The van der Waals surface area contributed by atoms with Crippen molar-refractivity contribution < 1.29 is 0 Å². The fourth-order valence-electron chi connectivity index (χ4n) is 7.15. The Hall–Kier alpha value is -5.60. The van der Waals surface area contributed by atoms with Gasteiger partial charge < -0.3 is 9.88 Å². The van der Waals surface area contributed by atoms with Crippen LogP contribution in [0.3, 0.4) is 0 Å². The van der Waals surface area contributed by atoms with Gasteiger partial charge in [-0.25, -0.2) is 0 Å². The molecular formula is C45H40N2. The number of hydrogen-bond acceptors (Lipinski definition) is 1. The normalized spacial score (nSPS) is 13.9. The first-order valence-corrected chi connectivity index (χ1v) is 16.6. The van der Waals surface area contributed by atoms with Crippen molar-refractivity contribution in [2.75, 3.05) is 7.05 Å². The van der Waals surface area contributed by atoms with Gasteiger partial charge in [0.25, 0.3) is 0 Å². The molecule has 6 aromatic rings. The second kappa shape index (κ2) is 13.0. The van der Waals surface area contributed by atoms with Crippen LogP contribution in [0.2, 0.25) is 0 Å². The van der Waals surface area contributed by atoms with Crippen LogP contribution in [0.4, 0.5) is 0 Å². The van der Waals surface area contributed by atoms with E-state index < -0.39 is 0 Å². The van der Waals surface area contributed by atoms with Gasteiger partial charge in [-0.15, -0.1) is 0 Å². The molecule has 0 aliphatic heterocycles. The van der Waals surface area contributed by atoms with E-state index >= 15 is 0 Å². The third-order valence-corrected chi connectivity index (χ3v) is 9.25. The van der Waals surface area contributed by atoms with Crippen molar-refractivity contribution in [1.82, 2.24) is 9.88 Å². The Labute approximate surface area is 278 Å². The smallest absolute Gasteiger partial charge is 0.0619 e. The van der Waals surface area contributed by atoms with E-state index in [0.29, 0.717) is 0 Å². The topological polar surface area (TPSA) is 17.0 Å². The fourth-order valence-corrected chi connectivity index (χ4v) is 7.15. The molecule has 47 heavy (non-hydrogen) atoms. The molecule has 2 nitrogen and oxygen atoms in total. The van der Waals surface area contributed by atoms with Gasteiger partial charge >= 0.3 is 0 Å². The third kappa shape index (κ3) is 5.36. The number of rotatable bonds is 9. The maximum Gasteiger partial charge on any atom is 0.0619 e. The monoisotopic (exact) mass is 608 g/mol. The van der Waals surface area contributed by atoms with E-state index in [-0.39, 0.29) is 0 Å². The Morgan fingerprint density at radius 2 is 1.47 bits per heavy atom. The molecule has 1 aromatic heterocycles. The van der Waals surface area contributed by atoms with Gasteiger partial charge in [-0.1, -0.05) is 129 Å². The Kier molecular flexibility index (Phi) is 8.33. The maximum absolute atomic E-state index is 4.15. The number of allylic oxidation sites excluding steroid dienone is 9. The van der Waals surface area contributed by atoms with Crippen LogP contribution in [0.5, 0.6) is 0 Å². The first-order valence-electron chi connectivity index (χ1n) is 16.6. The van der Waals surface area contributed by atoms with E-state index in [1.807, 2.05) is 25.4 Å². The van der Waals surface area contributed by atoms with Crippen molar-refractivity contribution in [1.29, 1.82) is 0 Å². The number of benzene rings is 5. The Balaban J connectivity index is 1.46. The molecule has 1 N–H and O–H groups in total. The number of nitrogens with one attached hydrogen (secondary N) is 1. The van der Waals surface area contributed by atoms with Crippen molar-refractivity contribution in [3.8, 4) is 16.8 Å². The molecule has 230 valence electrons. The van der Waals surface area contributed by atoms with Gasteiger partial charge in [-0.2, -0.15) is 0 Å². The quantitative estimate of drug-likeness (QED) is 0.162. The first-order chi connectivity index (χ1) is 23.2. The molecule has 0 unspecified atom stereocenters. The summed E-state index contributed by atoms with van der Waals surface area (Å²) in [7, 11) is 1.92. The molecule has 7 rings (SSSR count). The number of hydrogen-bond donors (Lipinski definition) is 1. The first kappa shape index (κ1) is 30.1. The van der Waals surface area contributed by atoms with Crippen LogP contribution in [-0.4, -0.2) is 11.6 Å². The average Bonchev–Trinajstić information content (AvgIpc) is 3.47. The van der Waals surface area contributed by atoms with Gasteiger partial charge in [0.2, 0.25) is 0 Å². The molecule has 1 aliphatic rings. The molecular weight excluding hydrogens is 569 g/mol. The summed E-state index contributed by atoms with van der Waals surface area (Å²) >= 11 is 0. The predicted molar refractivity (Wildman–Crippen MR) is 205 cm³/mol. The van der Waals surface area contributed by atoms with Crippen molar-refractivity contribution in [2.45, 2.75) is 26.2 Å². The zero-order chi connectivity index (χ0) is 32.3. The zero-order valence-corrected chi connectivity index (χ0v) is 27.3. The number of nitrogens with zero attached hydrogens (tertiary/aromatic N) is 1. The van der Waals surface area contributed by atoms with E-state index in [1.165, 1.54) is 66.0 Å². The van der Waals surface area contributed by atoms with Crippen LogP contribution in [-0.2, 0) is 0 Å². The lowest BCUT2D eigenvalue weighted by Gasteiger charge is -2.19. The summed E-state index contributed by atoms with van der Waals surface area (Å²) in [6.07, 6.45) is 16.1. The molecule has 5 aromatic carbocycles. The Morgan fingerprint density at radius 3 is 2.26 bits per heavy atom. The molecule has 0 radical (unpaired) electrons. The van der Waals surface area contributed by atoms with Crippen LogP contribution in [0.15, 0.2) is 164 Å². The van der Waals surface area contributed by atoms with Crippen molar-refractivity contribution in [2.24, 2.45) is 0 Å². The minimum absolute atomic E-state index is 0.982. The minimum Gasteiger partial charge on any atom is -0.393 e. The van der Waals surface area contributed by atoms with Crippen LogP contribution in [0.25, 0.3) is 60.5 Å². The molecule has 1 heterocycles. The molecule has 0 saturated carbocycles. The second-order valence-corrected chi connectivity index (χ2v) is 12.0. The summed E-state index contributed by atoms with van der Waals surface area (Å²) < 4.78 is 2.46. The lowest BCUT2D eigenvalue weighted by atomic mass is 9.86. The van der Waals surface area contributed by atoms with Gasteiger partial charge in [-0.05, 0) is 93.5 Å². The van der Waals surface area contributed by atoms with Gasteiger partial charge in [0.15, 0.2) is 0 Å². The van der Waals surface area contributed by atoms with E-state index in [4.69, 9.17) is 0 Å². The van der Waals surface area contributed by atoms with Crippen LogP contribution < -0.4 is 5.32 Å². The summed E-state index contributed by atoms with van der Waals surface area (Å²) in [6.45, 7) is 10.4. The summed E-state index contributed by atoms with van der Waals surface area (Å²) in [5, 5.41) is 8.13. The molecule has 0 amide bonds. The zero-order valence-electron chi connectivity index (χ0n) is 27.3. The van der Waals surface area contributed by atoms with Crippen LogP contribution in [0, 0.1) is 0 Å². The van der Waals surface area contributed by atoms with Gasteiger partial charge in [0, 0.05) is 35.1 Å². The Morgan fingerprint density at radius 1 is 0.745 bits per heavy atom. The molecule has 0 fully saturated rings. The molecule has 1 aliphatic carbocycles. The van der Waals surface area contributed by atoms with Crippen molar-refractivity contribution in [3.05, 3.63) is 175 Å². The summed E-state index contributed by atoms with van der Waals surface area (Å²) in [5.41, 5.74) is 13.2. The average molecular weight is 609 g/mol. The lowest BCUT2D eigenvalue weighted by Crippen LogP contribution is -1.99.